The summed E-state index contributed by atoms with van der Waals surface area (Å²) in [6, 6.07) is 3.32. The molecule has 6 nitrogen and oxygen atoms in total. The first-order valence-electron chi connectivity index (χ1n) is 8.31. The zero-order valence-corrected chi connectivity index (χ0v) is 15.4. The van der Waals surface area contributed by atoms with E-state index in [1.54, 1.807) is 0 Å². The molecule has 0 fully saturated rings. The maximum absolute atomic E-state index is 12.3. The van der Waals surface area contributed by atoms with E-state index in [0.717, 1.165) is 24.3 Å². The van der Waals surface area contributed by atoms with E-state index in [1.165, 1.54) is 56.5 Å². The van der Waals surface area contributed by atoms with E-state index in [0.29, 0.717) is 15.5 Å². The Morgan fingerprint density at radius 2 is 2.12 bits per heavy atom. The normalized spacial score (nSPS) is 13.8. The van der Waals surface area contributed by atoms with Gasteiger partial charge in [0, 0.05) is 10.9 Å². The molecule has 3 aromatic heterocycles. The fraction of sp³-hybridized carbons (Fsp3) is 0.412. The van der Waals surface area contributed by atoms with Crippen molar-refractivity contribution in [2.24, 2.45) is 0 Å². The van der Waals surface area contributed by atoms with Crippen LogP contribution in [0.4, 0.5) is 0 Å². The van der Waals surface area contributed by atoms with Gasteiger partial charge in [-0.05, 0) is 43.7 Å². The maximum atomic E-state index is 12.3. The number of ether oxygens (including phenoxy) is 1. The quantitative estimate of drug-likeness (QED) is 0.656. The molecule has 0 atom stereocenters. The molecule has 4 rings (SSSR count). The third-order valence-electron chi connectivity index (χ3n) is 4.19. The van der Waals surface area contributed by atoms with Crippen LogP contribution >= 0.6 is 22.7 Å². The largest absolute Gasteiger partial charge is 0.455 e. The van der Waals surface area contributed by atoms with Crippen LogP contribution < -0.4 is 5.56 Å². The number of rotatable bonds is 4. The standard InChI is InChI=1S/C17H17N3O3S2/c1-2-14-19-20-15(21)8-11(18-17(20)25-14)9-23-16(22)13-7-10-5-3-4-6-12(10)24-13/h7-8H,2-6,9H2,1H3. The number of nitrogens with zero attached hydrogens (tertiary/aromatic N) is 3. The first-order chi connectivity index (χ1) is 12.1. The van der Waals surface area contributed by atoms with Gasteiger partial charge in [-0.25, -0.2) is 9.78 Å². The van der Waals surface area contributed by atoms with Crippen molar-refractivity contribution in [3.05, 3.63) is 48.5 Å². The molecule has 0 bridgehead atoms. The lowest BCUT2D eigenvalue weighted by Gasteiger charge is -2.08. The van der Waals surface area contributed by atoms with Crippen molar-refractivity contribution in [2.45, 2.75) is 45.6 Å². The van der Waals surface area contributed by atoms with E-state index in [1.807, 2.05) is 13.0 Å². The average Bonchev–Trinajstić information content (AvgIpc) is 3.23. The van der Waals surface area contributed by atoms with E-state index >= 15 is 0 Å². The lowest BCUT2D eigenvalue weighted by molar-refractivity contribution is 0.0473. The van der Waals surface area contributed by atoms with Gasteiger partial charge in [-0.1, -0.05) is 18.3 Å². The molecule has 0 amide bonds. The number of hydrogen-bond acceptors (Lipinski definition) is 7. The van der Waals surface area contributed by atoms with Crippen LogP contribution in [0.3, 0.4) is 0 Å². The lowest BCUT2D eigenvalue weighted by Crippen LogP contribution is -2.16. The highest BCUT2D eigenvalue weighted by Crippen LogP contribution is 2.30. The SMILES string of the molecule is CCc1nn2c(=O)cc(COC(=O)c3cc4c(s3)CCCC4)nc2s1. The van der Waals surface area contributed by atoms with Gasteiger partial charge in [0.25, 0.3) is 5.56 Å². The highest BCUT2D eigenvalue weighted by atomic mass is 32.1. The van der Waals surface area contributed by atoms with Crippen molar-refractivity contribution < 1.29 is 9.53 Å². The van der Waals surface area contributed by atoms with Crippen LogP contribution in [0.2, 0.25) is 0 Å². The van der Waals surface area contributed by atoms with Crippen molar-refractivity contribution >= 4 is 33.6 Å². The number of aryl methyl sites for hydroxylation is 3. The van der Waals surface area contributed by atoms with Gasteiger partial charge >= 0.3 is 5.97 Å². The van der Waals surface area contributed by atoms with Gasteiger partial charge in [-0.3, -0.25) is 4.79 Å². The summed E-state index contributed by atoms with van der Waals surface area (Å²) in [6.07, 6.45) is 5.21. The number of esters is 1. The summed E-state index contributed by atoms with van der Waals surface area (Å²) < 4.78 is 6.67. The fourth-order valence-electron chi connectivity index (χ4n) is 2.91. The molecule has 0 radical (unpaired) electrons. The first-order valence-corrected chi connectivity index (χ1v) is 9.94. The Labute approximate surface area is 152 Å². The number of carbonyl (C=O) groups is 1. The van der Waals surface area contributed by atoms with Crippen LogP contribution in [0.5, 0.6) is 0 Å². The molecule has 0 saturated heterocycles. The number of aromatic nitrogens is 3. The number of fused-ring (bicyclic) bond motifs is 2. The molecular formula is C17H17N3O3S2. The molecule has 3 heterocycles. The van der Waals surface area contributed by atoms with E-state index in [-0.39, 0.29) is 18.1 Å². The molecule has 0 aliphatic heterocycles. The molecule has 1 aliphatic carbocycles. The molecule has 3 aromatic rings. The van der Waals surface area contributed by atoms with Gasteiger partial charge in [0.05, 0.1) is 5.69 Å². The molecule has 0 spiro atoms. The van der Waals surface area contributed by atoms with Crippen molar-refractivity contribution in [3.63, 3.8) is 0 Å². The Morgan fingerprint density at radius 1 is 1.28 bits per heavy atom. The van der Waals surface area contributed by atoms with Crippen molar-refractivity contribution in [2.75, 3.05) is 0 Å². The minimum absolute atomic E-state index is 0.00744. The highest BCUT2D eigenvalue weighted by molar-refractivity contribution is 7.16. The van der Waals surface area contributed by atoms with Crippen LogP contribution in [-0.2, 0) is 30.6 Å². The second kappa shape index (κ2) is 6.68. The van der Waals surface area contributed by atoms with E-state index in [2.05, 4.69) is 10.1 Å². The topological polar surface area (TPSA) is 73.6 Å². The summed E-state index contributed by atoms with van der Waals surface area (Å²) in [5.74, 6) is -0.347. The zero-order chi connectivity index (χ0) is 17.4. The van der Waals surface area contributed by atoms with E-state index in [9.17, 15) is 9.59 Å². The monoisotopic (exact) mass is 375 g/mol. The summed E-state index contributed by atoms with van der Waals surface area (Å²) in [7, 11) is 0. The van der Waals surface area contributed by atoms with Crippen LogP contribution in [0.15, 0.2) is 16.9 Å². The number of carbonyl (C=O) groups excluding carboxylic acids is 1. The van der Waals surface area contributed by atoms with Crippen molar-refractivity contribution in [1.82, 2.24) is 14.6 Å². The maximum Gasteiger partial charge on any atom is 0.348 e. The third-order valence-corrected chi connectivity index (χ3v) is 6.46. The second-order valence-corrected chi connectivity index (χ2v) is 8.15. The molecule has 0 saturated carbocycles. The zero-order valence-electron chi connectivity index (χ0n) is 13.8. The molecular weight excluding hydrogens is 358 g/mol. The Balaban J connectivity index is 1.50. The Kier molecular flexibility index (Phi) is 4.39. The molecule has 8 heteroatoms. The second-order valence-electron chi connectivity index (χ2n) is 5.97. The Morgan fingerprint density at radius 3 is 2.92 bits per heavy atom. The molecule has 130 valence electrons. The molecule has 0 aromatic carbocycles. The van der Waals surface area contributed by atoms with Gasteiger partial charge in [0.2, 0.25) is 4.96 Å². The lowest BCUT2D eigenvalue weighted by atomic mass is 9.99. The molecule has 25 heavy (non-hydrogen) atoms. The number of hydrogen-bond donors (Lipinski definition) is 0. The number of thiophene rings is 1. The van der Waals surface area contributed by atoms with Gasteiger partial charge < -0.3 is 4.74 Å². The smallest absolute Gasteiger partial charge is 0.348 e. The Bertz CT molecular complexity index is 979. The third kappa shape index (κ3) is 3.23. The average molecular weight is 375 g/mol. The predicted octanol–water partition coefficient (Wildman–Crippen LogP) is 3.01. The van der Waals surface area contributed by atoms with Crippen LogP contribution in [0.1, 0.15) is 50.6 Å². The van der Waals surface area contributed by atoms with Crippen molar-refractivity contribution in [3.8, 4) is 0 Å². The van der Waals surface area contributed by atoms with Gasteiger partial charge in [-0.15, -0.1) is 11.3 Å². The van der Waals surface area contributed by atoms with Crippen LogP contribution in [0.25, 0.3) is 4.96 Å². The minimum atomic E-state index is -0.347. The first kappa shape index (κ1) is 16.4. The fourth-order valence-corrected chi connectivity index (χ4v) is 4.92. The van der Waals surface area contributed by atoms with Gasteiger partial charge in [0.15, 0.2) is 0 Å². The minimum Gasteiger partial charge on any atom is -0.455 e. The summed E-state index contributed by atoms with van der Waals surface area (Å²) in [4.78, 5) is 31.3. The summed E-state index contributed by atoms with van der Waals surface area (Å²) in [5.41, 5.74) is 1.47. The van der Waals surface area contributed by atoms with Gasteiger partial charge in [-0.2, -0.15) is 9.61 Å². The van der Waals surface area contributed by atoms with Crippen LogP contribution in [0, 0.1) is 0 Å². The highest BCUT2D eigenvalue weighted by Gasteiger charge is 2.18. The van der Waals surface area contributed by atoms with Gasteiger partial charge in [0.1, 0.15) is 16.5 Å². The summed E-state index contributed by atoms with van der Waals surface area (Å²) in [5, 5.41) is 5.06. The summed E-state index contributed by atoms with van der Waals surface area (Å²) >= 11 is 2.90. The predicted molar refractivity (Wildman–Crippen MR) is 96.6 cm³/mol. The molecule has 1 aliphatic rings. The molecule has 0 unspecified atom stereocenters. The van der Waals surface area contributed by atoms with Crippen LogP contribution in [-0.4, -0.2) is 20.6 Å². The van der Waals surface area contributed by atoms with E-state index in [4.69, 9.17) is 4.74 Å². The summed E-state index contributed by atoms with van der Waals surface area (Å²) in [6.45, 7) is 1.97. The Hall–Kier alpha value is -2.06. The van der Waals surface area contributed by atoms with Crippen molar-refractivity contribution in [1.29, 1.82) is 0 Å². The molecule has 0 N–H and O–H groups in total. The van der Waals surface area contributed by atoms with E-state index < -0.39 is 0 Å².